The molecule has 1 aromatic carbocycles. The molecule has 0 spiro atoms. The minimum atomic E-state index is -2.95. The summed E-state index contributed by atoms with van der Waals surface area (Å²) in [4.78, 5) is 10.9. The number of alkyl halides is 2. The minimum Gasteiger partial charge on any atom is -0.435 e. The summed E-state index contributed by atoms with van der Waals surface area (Å²) < 4.78 is 28.8. The average Bonchev–Trinajstić information content (AvgIpc) is 2.09. The molecule has 0 saturated heterocycles. The molecule has 0 atom stereocenters. The number of hydrogen-bond donors (Lipinski definition) is 0. The van der Waals surface area contributed by atoms with Gasteiger partial charge in [0.2, 0.25) is 0 Å². The van der Waals surface area contributed by atoms with E-state index in [1.165, 1.54) is 6.07 Å². The Labute approximate surface area is 106 Å². The van der Waals surface area contributed by atoms with Crippen LogP contribution in [0, 0.1) is 0 Å². The smallest absolute Gasteiger partial charge is 0.387 e. The number of carbonyl (C=O) groups is 1. The molecule has 0 heterocycles. The largest absolute Gasteiger partial charge is 0.435 e. The van der Waals surface area contributed by atoms with Gasteiger partial charge < -0.3 is 4.74 Å². The maximum atomic E-state index is 11.9. The van der Waals surface area contributed by atoms with Gasteiger partial charge in [-0.3, -0.25) is 4.79 Å². The summed E-state index contributed by atoms with van der Waals surface area (Å²) in [5.74, 6) is -0.135. The topological polar surface area (TPSA) is 26.3 Å². The van der Waals surface area contributed by atoms with Crippen molar-refractivity contribution in [3.8, 4) is 5.75 Å². The highest BCUT2D eigenvalue weighted by molar-refractivity contribution is 9.13. The molecular weight excluding hydrogens is 361 g/mol. The maximum absolute atomic E-state index is 11.9. The number of hydrogen-bond acceptors (Lipinski definition) is 2. The van der Waals surface area contributed by atoms with Gasteiger partial charge in [-0.15, -0.1) is 0 Å². The maximum Gasteiger partial charge on any atom is 0.387 e. The Morgan fingerprint density at radius 2 is 2.00 bits per heavy atom. The van der Waals surface area contributed by atoms with Crippen LogP contribution in [0.2, 0.25) is 0 Å². The molecule has 0 aliphatic heterocycles. The zero-order chi connectivity index (χ0) is 11.6. The number of ether oxygens (including phenoxy) is 1. The number of benzene rings is 1. The van der Waals surface area contributed by atoms with Crippen molar-refractivity contribution in [2.45, 2.75) is 6.61 Å². The highest BCUT2D eigenvalue weighted by Crippen LogP contribution is 2.33. The van der Waals surface area contributed by atoms with Crippen molar-refractivity contribution in [1.29, 1.82) is 0 Å². The van der Waals surface area contributed by atoms with Crippen molar-refractivity contribution < 1.29 is 18.3 Å². The summed E-state index contributed by atoms with van der Waals surface area (Å²) in [5.41, 5.74) is 0.0571. The molecule has 0 N–H and O–H groups in total. The first-order chi connectivity index (χ1) is 6.91. The standard InChI is InChI=1S/C8H3Br2ClF2O2/c9-5-2-3(15-8(12)13)1-4(6(5)10)7(11)14/h1-2,8H. The summed E-state index contributed by atoms with van der Waals surface area (Å²) in [6.45, 7) is -2.95. The molecule has 0 amide bonds. The monoisotopic (exact) mass is 362 g/mol. The Morgan fingerprint density at radius 1 is 1.40 bits per heavy atom. The molecule has 0 aromatic heterocycles. The van der Waals surface area contributed by atoms with Crippen molar-refractivity contribution in [2.75, 3.05) is 0 Å². The zero-order valence-corrected chi connectivity index (χ0v) is 10.9. The number of halogens is 5. The predicted molar refractivity (Wildman–Crippen MR) is 58.7 cm³/mol. The van der Waals surface area contributed by atoms with Crippen LogP contribution in [0.25, 0.3) is 0 Å². The van der Waals surface area contributed by atoms with Gasteiger partial charge >= 0.3 is 6.61 Å². The Kier molecular flexibility index (Phi) is 4.48. The van der Waals surface area contributed by atoms with E-state index in [9.17, 15) is 13.6 Å². The normalized spacial score (nSPS) is 10.5. The van der Waals surface area contributed by atoms with Crippen LogP contribution in [0.5, 0.6) is 5.75 Å². The van der Waals surface area contributed by atoms with Crippen molar-refractivity contribution in [2.24, 2.45) is 0 Å². The molecule has 0 aliphatic rings. The molecule has 1 rings (SSSR count). The molecule has 1 aromatic rings. The fourth-order valence-corrected chi connectivity index (χ4v) is 1.99. The van der Waals surface area contributed by atoms with Gasteiger partial charge in [0.25, 0.3) is 5.24 Å². The molecule has 0 unspecified atom stereocenters. The van der Waals surface area contributed by atoms with E-state index >= 15 is 0 Å². The van der Waals surface area contributed by atoms with E-state index in [1.54, 1.807) is 0 Å². The summed E-state index contributed by atoms with van der Waals surface area (Å²) in [6.07, 6.45) is 0. The van der Waals surface area contributed by atoms with Crippen LogP contribution in [0.3, 0.4) is 0 Å². The van der Waals surface area contributed by atoms with Gasteiger partial charge in [0.05, 0.1) is 5.56 Å². The van der Waals surface area contributed by atoms with E-state index in [0.29, 0.717) is 8.95 Å². The lowest BCUT2D eigenvalue weighted by Gasteiger charge is -2.08. The van der Waals surface area contributed by atoms with Gasteiger partial charge in [-0.1, -0.05) is 0 Å². The van der Waals surface area contributed by atoms with Gasteiger partial charge in [-0.2, -0.15) is 8.78 Å². The summed E-state index contributed by atoms with van der Waals surface area (Å²) in [7, 11) is 0. The average molecular weight is 364 g/mol. The lowest BCUT2D eigenvalue weighted by Crippen LogP contribution is -2.03. The van der Waals surface area contributed by atoms with E-state index in [4.69, 9.17) is 11.6 Å². The Hall–Kier alpha value is -0.200. The van der Waals surface area contributed by atoms with Gasteiger partial charge in [-0.05, 0) is 55.6 Å². The fraction of sp³-hybridized carbons (Fsp3) is 0.125. The minimum absolute atomic E-state index is 0.0571. The third-order valence-corrected chi connectivity index (χ3v) is 3.65. The van der Waals surface area contributed by atoms with Crippen LogP contribution >= 0.6 is 43.5 Å². The molecular formula is C8H3Br2ClF2O2. The second-order valence-corrected chi connectivity index (χ2v) is 4.41. The molecule has 0 bridgehead atoms. The van der Waals surface area contributed by atoms with Gasteiger partial charge in [0.15, 0.2) is 0 Å². The Balaban J connectivity index is 3.17. The number of carbonyl (C=O) groups excluding carboxylic acids is 1. The highest BCUT2D eigenvalue weighted by Gasteiger charge is 2.14. The lowest BCUT2D eigenvalue weighted by molar-refractivity contribution is -0.0499. The van der Waals surface area contributed by atoms with E-state index in [-0.39, 0.29) is 11.3 Å². The quantitative estimate of drug-likeness (QED) is 0.752. The van der Waals surface area contributed by atoms with Crippen LogP contribution in [0.15, 0.2) is 21.1 Å². The second-order valence-electron chi connectivity index (χ2n) is 2.42. The lowest BCUT2D eigenvalue weighted by atomic mass is 10.2. The molecule has 0 radical (unpaired) electrons. The first kappa shape index (κ1) is 12.9. The van der Waals surface area contributed by atoms with Gasteiger partial charge in [-0.25, -0.2) is 0 Å². The molecule has 7 heteroatoms. The highest BCUT2D eigenvalue weighted by atomic mass is 79.9. The van der Waals surface area contributed by atoms with Gasteiger partial charge in [0.1, 0.15) is 5.75 Å². The summed E-state index contributed by atoms with van der Waals surface area (Å²) in [5, 5.41) is -0.762. The zero-order valence-electron chi connectivity index (χ0n) is 6.94. The van der Waals surface area contributed by atoms with E-state index < -0.39 is 11.9 Å². The summed E-state index contributed by atoms with van der Waals surface area (Å²) in [6, 6.07) is 2.44. The molecule has 82 valence electrons. The molecule has 2 nitrogen and oxygen atoms in total. The van der Waals surface area contributed by atoms with Crippen LogP contribution in [-0.2, 0) is 0 Å². The first-order valence-corrected chi connectivity index (χ1v) is 5.52. The van der Waals surface area contributed by atoms with Crippen LogP contribution in [0.4, 0.5) is 8.78 Å². The Bertz CT molecular complexity index is 398. The first-order valence-electron chi connectivity index (χ1n) is 3.55. The van der Waals surface area contributed by atoms with E-state index in [2.05, 4.69) is 36.6 Å². The van der Waals surface area contributed by atoms with Crippen molar-refractivity contribution in [3.05, 3.63) is 26.6 Å². The van der Waals surface area contributed by atoms with Crippen molar-refractivity contribution >= 4 is 48.7 Å². The fourth-order valence-electron chi connectivity index (χ4n) is 0.878. The van der Waals surface area contributed by atoms with Crippen LogP contribution in [-0.4, -0.2) is 11.9 Å². The summed E-state index contributed by atoms with van der Waals surface area (Å²) >= 11 is 11.4. The van der Waals surface area contributed by atoms with Crippen LogP contribution < -0.4 is 4.74 Å². The molecule has 15 heavy (non-hydrogen) atoms. The predicted octanol–water partition coefficient (Wildman–Crippen LogP) is 4.19. The van der Waals surface area contributed by atoms with Gasteiger partial charge in [0, 0.05) is 8.95 Å². The number of rotatable bonds is 3. The van der Waals surface area contributed by atoms with Crippen molar-refractivity contribution in [3.63, 3.8) is 0 Å². The molecule has 0 aliphatic carbocycles. The van der Waals surface area contributed by atoms with Crippen LogP contribution in [0.1, 0.15) is 10.4 Å². The second kappa shape index (κ2) is 5.23. The molecule has 0 saturated carbocycles. The Morgan fingerprint density at radius 3 is 2.47 bits per heavy atom. The third kappa shape index (κ3) is 3.39. The molecule has 0 fully saturated rings. The van der Waals surface area contributed by atoms with E-state index in [1.807, 2.05) is 0 Å². The van der Waals surface area contributed by atoms with E-state index in [0.717, 1.165) is 6.07 Å². The third-order valence-electron chi connectivity index (χ3n) is 1.44. The van der Waals surface area contributed by atoms with Crippen molar-refractivity contribution in [1.82, 2.24) is 0 Å². The SMILES string of the molecule is O=C(Cl)c1cc(OC(F)F)cc(Br)c1Br.